The van der Waals surface area contributed by atoms with Gasteiger partial charge >= 0.3 is 5.97 Å². The van der Waals surface area contributed by atoms with Gasteiger partial charge in [0, 0.05) is 19.3 Å². The predicted molar refractivity (Wildman–Crippen MR) is 64.0 cm³/mol. The number of carboxylic acids is 1. The van der Waals surface area contributed by atoms with Crippen LogP contribution in [0.15, 0.2) is 18.3 Å². The van der Waals surface area contributed by atoms with Gasteiger partial charge in [-0.25, -0.2) is 9.78 Å². The van der Waals surface area contributed by atoms with Gasteiger partial charge in [-0.15, -0.1) is 0 Å². The highest BCUT2D eigenvalue weighted by atomic mass is 16.4. The Morgan fingerprint density at radius 1 is 1.62 bits per heavy atom. The van der Waals surface area contributed by atoms with Crippen molar-refractivity contribution in [3.05, 3.63) is 23.9 Å². The molecular weight excluding hydrogens is 204 g/mol. The summed E-state index contributed by atoms with van der Waals surface area (Å²) in [6.07, 6.45) is 3.71. The van der Waals surface area contributed by atoms with Gasteiger partial charge in [-0.1, -0.05) is 13.3 Å². The fraction of sp³-hybridized carbons (Fsp3) is 0.500. The topological polar surface area (TPSA) is 53.4 Å². The lowest BCUT2D eigenvalue weighted by atomic mass is 10.1. The quantitative estimate of drug-likeness (QED) is 0.831. The van der Waals surface area contributed by atoms with Crippen LogP contribution in [0.3, 0.4) is 0 Å². The molecule has 88 valence electrons. The number of pyridine rings is 1. The summed E-state index contributed by atoms with van der Waals surface area (Å²) in [6, 6.07) is 3.52. The molecule has 1 aromatic rings. The van der Waals surface area contributed by atoms with Gasteiger partial charge in [0.1, 0.15) is 11.4 Å². The highest BCUT2D eigenvalue weighted by molar-refractivity contribution is 5.93. The Hall–Kier alpha value is -1.58. The number of nitrogens with zero attached hydrogens (tertiary/aromatic N) is 2. The highest BCUT2D eigenvalue weighted by Crippen LogP contribution is 2.19. The molecular formula is C12H18N2O2. The second kappa shape index (κ2) is 5.49. The van der Waals surface area contributed by atoms with E-state index in [0.717, 1.165) is 12.8 Å². The maximum atomic E-state index is 11.0. The van der Waals surface area contributed by atoms with E-state index in [9.17, 15) is 4.79 Å². The summed E-state index contributed by atoms with van der Waals surface area (Å²) < 4.78 is 0. The van der Waals surface area contributed by atoms with Crippen LogP contribution < -0.4 is 4.90 Å². The zero-order valence-corrected chi connectivity index (χ0v) is 9.97. The average molecular weight is 222 g/mol. The van der Waals surface area contributed by atoms with Crippen molar-refractivity contribution >= 4 is 11.8 Å². The molecule has 0 amide bonds. The van der Waals surface area contributed by atoms with Crippen LogP contribution in [0.25, 0.3) is 0 Å². The van der Waals surface area contributed by atoms with Crippen LogP contribution >= 0.6 is 0 Å². The number of hydrogen-bond acceptors (Lipinski definition) is 3. The van der Waals surface area contributed by atoms with Crippen LogP contribution in [-0.4, -0.2) is 29.1 Å². The largest absolute Gasteiger partial charge is 0.478 e. The minimum Gasteiger partial charge on any atom is -0.478 e. The Morgan fingerprint density at radius 2 is 2.31 bits per heavy atom. The standard InChI is InChI=1S/C12H18N2O2/c1-4-6-9(2)14(3)11-10(12(15)16)7-5-8-13-11/h5,7-9H,4,6H2,1-3H3,(H,15,16). The normalized spacial score (nSPS) is 12.2. The minimum absolute atomic E-state index is 0.257. The van der Waals surface area contributed by atoms with Gasteiger partial charge < -0.3 is 10.0 Å². The molecule has 4 heteroatoms. The molecule has 1 heterocycles. The van der Waals surface area contributed by atoms with Crippen LogP contribution in [0.5, 0.6) is 0 Å². The highest BCUT2D eigenvalue weighted by Gasteiger charge is 2.17. The van der Waals surface area contributed by atoms with Gasteiger partial charge in [-0.2, -0.15) is 0 Å². The lowest BCUT2D eigenvalue weighted by Crippen LogP contribution is -2.30. The Labute approximate surface area is 95.9 Å². The number of rotatable bonds is 5. The molecule has 0 aromatic carbocycles. The van der Waals surface area contributed by atoms with Crippen molar-refractivity contribution in [1.29, 1.82) is 0 Å². The van der Waals surface area contributed by atoms with E-state index in [1.807, 2.05) is 11.9 Å². The average Bonchev–Trinajstić information content (AvgIpc) is 2.28. The van der Waals surface area contributed by atoms with Gasteiger partial charge in [-0.05, 0) is 25.5 Å². The first-order valence-electron chi connectivity index (χ1n) is 5.49. The molecule has 1 unspecified atom stereocenters. The third-order valence-corrected chi connectivity index (χ3v) is 2.72. The molecule has 1 N–H and O–H groups in total. The number of carbonyl (C=O) groups is 1. The van der Waals surface area contributed by atoms with Crippen LogP contribution in [-0.2, 0) is 0 Å². The Kier molecular flexibility index (Phi) is 4.28. The molecule has 0 radical (unpaired) electrons. The first kappa shape index (κ1) is 12.5. The molecule has 0 fully saturated rings. The Bertz CT molecular complexity index is 366. The van der Waals surface area contributed by atoms with E-state index in [-0.39, 0.29) is 11.6 Å². The lowest BCUT2D eigenvalue weighted by Gasteiger charge is -2.26. The molecule has 0 aliphatic carbocycles. The smallest absolute Gasteiger partial charge is 0.339 e. The van der Waals surface area contributed by atoms with Crippen molar-refractivity contribution in [3.63, 3.8) is 0 Å². The summed E-state index contributed by atoms with van der Waals surface area (Å²) in [5, 5.41) is 9.06. The minimum atomic E-state index is -0.932. The molecule has 0 aliphatic rings. The predicted octanol–water partition coefficient (Wildman–Crippen LogP) is 2.40. The van der Waals surface area contributed by atoms with Crippen molar-refractivity contribution in [1.82, 2.24) is 4.98 Å². The number of carboxylic acid groups (broad SMARTS) is 1. The van der Waals surface area contributed by atoms with Crippen molar-refractivity contribution in [3.8, 4) is 0 Å². The molecule has 4 nitrogen and oxygen atoms in total. The Balaban J connectivity index is 2.98. The molecule has 1 rings (SSSR count). The summed E-state index contributed by atoms with van der Waals surface area (Å²) >= 11 is 0. The fourth-order valence-corrected chi connectivity index (χ4v) is 1.67. The monoisotopic (exact) mass is 222 g/mol. The molecule has 0 saturated carbocycles. The van der Waals surface area contributed by atoms with E-state index in [2.05, 4.69) is 18.8 Å². The number of hydrogen-bond donors (Lipinski definition) is 1. The van der Waals surface area contributed by atoms with Crippen molar-refractivity contribution < 1.29 is 9.90 Å². The molecule has 0 bridgehead atoms. The molecule has 1 atom stereocenters. The summed E-state index contributed by atoms with van der Waals surface area (Å²) in [5.74, 6) is -0.394. The zero-order chi connectivity index (χ0) is 12.1. The molecule has 0 saturated heterocycles. The van der Waals surface area contributed by atoms with Gasteiger partial charge in [0.25, 0.3) is 0 Å². The van der Waals surface area contributed by atoms with Crippen LogP contribution in [0, 0.1) is 0 Å². The van der Waals surface area contributed by atoms with Crippen molar-refractivity contribution in [2.75, 3.05) is 11.9 Å². The van der Waals surface area contributed by atoms with E-state index >= 15 is 0 Å². The van der Waals surface area contributed by atoms with Gasteiger partial charge in [0.2, 0.25) is 0 Å². The molecule has 1 aromatic heterocycles. The van der Waals surface area contributed by atoms with E-state index in [1.54, 1.807) is 18.3 Å². The Morgan fingerprint density at radius 3 is 2.88 bits per heavy atom. The van der Waals surface area contributed by atoms with Crippen LogP contribution in [0.4, 0.5) is 5.82 Å². The van der Waals surface area contributed by atoms with Gasteiger partial charge in [0.05, 0.1) is 0 Å². The second-order valence-corrected chi connectivity index (χ2v) is 3.93. The third kappa shape index (κ3) is 2.72. The summed E-state index contributed by atoms with van der Waals surface area (Å²) in [4.78, 5) is 17.1. The zero-order valence-electron chi connectivity index (χ0n) is 9.97. The second-order valence-electron chi connectivity index (χ2n) is 3.93. The first-order chi connectivity index (χ1) is 7.57. The molecule has 0 spiro atoms. The molecule has 0 aliphatic heterocycles. The molecule has 16 heavy (non-hydrogen) atoms. The van der Waals surface area contributed by atoms with Crippen LogP contribution in [0.2, 0.25) is 0 Å². The number of aromatic carboxylic acids is 1. The number of aromatic nitrogens is 1. The van der Waals surface area contributed by atoms with E-state index in [4.69, 9.17) is 5.11 Å². The van der Waals surface area contributed by atoms with Crippen molar-refractivity contribution in [2.24, 2.45) is 0 Å². The van der Waals surface area contributed by atoms with E-state index in [1.165, 1.54) is 0 Å². The van der Waals surface area contributed by atoms with Gasteiger partial charge in [-0.3, -0.25) is 0 Å². The first-order valence-corrected chi connectivity index (χ1v) is 5.49. The third-order valence-electron chi connectivity index (χ3n) is 2.72. The summed E-state index contributed by atoms with van der Waals surface area (Å²) in [6.45, 7) is 4.19. The summed E-state index contributed by atoms with van der Waals surface area (Å²) in [7, 11) is 1.88. The lowest BCUT2D eigenvalue weighted by molar-refractivity contribution is 0.0697. The van der Waals surface area contributed by atoms with Crippen molar-refractivity contribution in [2.45, 2.75) is 32.7 Å². The summed E-state index contributed by atoms with van der Waals surface area (Å²) in [5.41, 5.74) is 0.257. The van der Waals surface area contributed by atoms with Gasteiger partial charge in [0.15, 0.2) is 0 Å². The maximum Gasteiger partial charge on any atom is 0.339 e. The maximum absolute atomic E-state index is 11.0. The van der Waals surface area contributed by atoms with E-state index in [0.29, 0.717) is 5.82 Å². The van der Waals surface area contributed by atoms with E-state index < -0.39 is 5.97 Å². The van der Waals surface area contributed by atoms with Crippen LogP contribution in [0.1, 0.15) is 37.0 Å². The SMILES string of the molecule is CCCC(C)N(C)c1ncccc1C(=O)O. The fourth-order valence-electron chi connectivity index (χ4n) is 1.67. The number of anilines is 1.